The molecule has 4 heterocycles. The SMILES string of the molecule is O=C(N[C@@H]1C[C@H]2CC[C@@H]1N2)c1ccc2oc(N3CCCCC3=O)cc2c1. The van der Waals surface area contributed by atoms with Crippen molar-refractivity contribution < 1.29 is 14.0 Å². The van der Waals surface area contributed by atoms with Crippen molar-refractivity contribution >= 4 is 28.7 Å². The van der Waals surface area contributed by atoms with Crippen LogP contribution in [-0.2, 0) is 4.79 Å². The number of rotatable bonds is 3. The molecule has 2 aromatic rings. The van der Waals surface area contributed by atoms with Gasteiger partial charge in [0.05, 0.1) is 0 Å². The van der Waals surface area contributed by atoms with Gasteiger partial charge in [-0.1, -0.05) is 0 Å². The van der Waals surface area contributed by atoms with Crippen LogP contribution < -0.4 is 15.5 Å². The van der Waals surface area contributed by atoms with Crippen molar-refractivity contribution in [2.24, 2.45) is 0 Å². The van der Waals surface area contributed by atoms with Crippen LogP contribution in [0, 0.1) is 0 Å². The monoisotopic (exact) mass is 353 g/mol. The maximum absolute atomic E-state index is 12.6. The number of amides is 2. The van der Waals surface area contributed by atoms with Gasteiger partial charge in [-0.2, -0.15) is 0 Å². The molecule has 2 bridgehead atoms. The highest BCUT2D eigenvalue weighted by Crippen LogP contribution is 2.30. The summed E-state index contributed by atoms with van der Waals surface area (Å²) in [4.78, 5) is 26.5. The van der Waals surface area contributed by atoms with Crippen LogP contribution >= 0.6 is 0 Å². The Labute approximate surface area is 151 Å². The van der Waals surface area contributed by atoms with Crippen molar-refractivity contribution in [2.75, 3.05) is 11.4 Å². The fourth-order valence-corrected chi connectivity index (χ4v) is 4.58. The zero-order chi connectivity index (χ0) is 17.7. The van der Waals surface area contributed by atoms with Crippen LogP contribution in [0.25, 0.3) is 11.0 Å². The highest BCUT2D eigenvalue weighted by molar-refractivity contribution is 5.99. The fraction of sp³-hybridized carbons (Fsp3) is 0.500. The number of hydrogen-bond donors (Lipinski definition) is 2. The molecule has 2 amide bonds. The summed E-state index contributed by atoms with van der Waals surface area (Å²) < 4.78 is 5.85. The van der Waals surface area contributed by atoms with E-state index in [4.69, 9.17) is 4.42 Å². The molecule has 2 N–H and O–H groups in total. The average Bonchev–Trinajstić information content (AvgIpc) is 3.36. The van der Waals surface area contributed by atoms with Gasteiger partial charge in [0.15, 0.2) is 0 Å². The van der Waals surface area contributed by atoms with E-state index in [1.165, 1.54) is 6.42 Å². The first-order valence-electron chi connectivity index (χ1n) is 9.58. The number of piperidine rings is 1. The van der Waals surface area contributed by atoms with Crippen LogP contribution in [-0.4, -0.2) is 36.5 Å². The minimum absolute atomic E-state index is 0.0388. The lowest BCUT2D eigenvalue weighted by atomic mass is 9.95. The third-order valence-corrected chi connectivity index (χ3v) is 5.97. The molecule has 3 fully saturated rings. The van der Waals surface area contributed by atoms with Gasteiger partial charge in [0.2, 0.25) is 11.8 Å². The Kier molecular flexibility index (Phi) is 3.74. The lowest BCUT2D eigenvalue weighted by molar-refractivity contribution is -0.119. The third-order valence-electron chi connectivity index (χ3n) is 5.97. The normalized spacial score (nSPS) is 28.1. The second-order valence-corrected chi connectivity index (χ2v) is 7.70. The highest BCUT2D eigenvalue weighted by Gasteiger charge is 2.39. The molecule has 0 radical (unpaired) electrons. The van der Waals surface area contributed by atoms with Gasteiger partial charge in [-0.15, -0.1) is 0 Å². The molecule has 1 aromatic carbocycles. The maximum atomic E-state index is 12.6. The quantitative estimate of drug-likeness (QED) is 0.889. The molecular weight excluding hydrogens is 330 g/mol. The van der Waals surface area contributed by atoms with Gasteiger partial charge in [-0.05, 0) is 50.3 Å². The highest BCUT2D eigenvalue weighted by atomic mass is 16.4. The van der Waals surface area contributed by atoms with E-state index in [1.807, 2.05) is 18.2 Å². The Bertz CT molecular complexity index is 874. The molecule has 3 aliphatic heterocycles. The van der Waals surface area contributed by atoms with Crippen LogP contribution in [0.5, 0.6) is 0 Å². The molecule has 0 aliphatic carbocycles. The number of carbonyl (C=O) groups excluding carboxylic acids is 2. The van der Waals surface area contributed by atoms with Crippen LogP contribution in [0.3, 0.4) is 0 Å². The Balaban J connectivity index is 1.36. The van der Waals surface area contributed by atoms with Crippen LogP contribution in [0.2, 0.25) is 0 Å². The summed E-state index contributed by atoms with van der Waals surface area (Å²) in [5.74, 6) is 0.652. The van der Waals surface area contributed by atoms with E-state index in [2.05, 4.69) is 10.6 Å². The van der Waals surface area contributed by atoms with Gasteiger partial charge < -0.3 is 15.1 Å². The van der Waals surface area contributed by atoms with Crippen molar-refractivity contribution in [1.82, 2.24) is 10.6 Å². The first-order chi connectivity index (χ1) is 12.7. The predicted molar refractivity (Wildman–Crippen MR) is 98.2 cm³/mol. The van der Waals surface area contributed by atoms with Gasteiger partial charge in [-0.25, -0.2) is 0 Å². The molecule has 136 valence electrons. The van der Waals surface area contributed by atoms with Crippen molar-refractivity contribution in [3.63, 3.8) is 0 Å². The Hall–Kier alpha value is -2.34. The smallest absolute Gasteiger partial charge is 0.251 e. The van der Waals surface area contributed by atoms with Crippen molar-refractivity contribution in [3.05, 3.63) is 29.8 Å². The van der Waals surface area contributed by atoms with Gasteiger partial charge >= 0.3 is 0 Å². The van der Waals surface area contributed by atoms with E-state index in [-0.39, 0.29) is 17.9 Å². The lowest BCUT2D eigenvalue weighted by Gasteiger charge is -2.23. The minimum Gasteiger partial charge on any atom is -0.440 e. The van der Waals surface area contributed by atoms with Crippen LogP contribution in [0.15, 0.2) is 28.7 Å². The minimum atomic E-state index is -0.0388. The molecule has 0 unspecified atom stereocenters. The summed E-state index contributed by atoms with van der Waals surface area (Å²) in [7, 11) is 0. The Morgan fingerprint density at radius 1 is 1.23 bits per heavy atom. The Morgan fingerprint density at radius 2 is 2.15 bits per heavy atom. The maximum Gasteiger partial charge on any atom is 0.251 e. The van der Waals surface area contributed by atoms with E-state index in [0.29, 0.717) is 42.1 Å². The summed E-state index contributed by atoms with van der Waals surface area (Å²) in [6, 6.07) is 8.54. The number of fused-ring (bicyclic) bond motifs is 3. The second kappa shape index (κ2) is 6.13. The third kappa shape index (κ3) is 2.69. The standard InChI is InChI=1S/C20H23N3O3/c24-18-3-1-2-8-23(18)19-10-13-9-12(4-7-17(13)26-19)20(25)22-16-11-14-5-6-15(16)21-14/h4,7,9-10,14-16,21H,1-3,5-6,8,11H2,(H,22,25)/t14-,15+,16-/m1/s1. The molecule has 26 heavy (non-hydrogen) atoms. The van der Waals surface area contributed by atoms with Crippen LogP contribution in [0.4, 0.5) is 5.88 Å². The van der Waals surface area contributed by atoms with Crippen molar-refractivity contribution in [2.45, 2.75) is 56.7 Å². The molecule has 3 atom stereocenters. The molecule has 5 rings (SSSR count). The molecule has 6 heteroatoms. The Morgan fingerprint density at radius 3 is 2.92 bits per heavy atom. The van der Waals surface area contributed by atoms with E-state index >= 15 is 0 Å². The van der Waals surface area contributed by atoms with Crippen molar-refractivity contribution in [1.29, 1.82) is 0 Å². The number of benzene rings is 1. The molecule has 0 spiro atoms. The summed E-state index contributed by atoms with van der Waals surface area (Å²) in [6.45, 7) is 0.698. The van der Waals surface area contributed by atoms with E-state index in [1.54, 1.807) is 11.0 Å². The number of anilines is 1. The molecular formula is C20H23N3O3. The van der Waals surface area contributed by atoms with Gasteiger partial charge in [-0.3, -0.25) is 14.5 Å². The predicted octanol–water partition coefficient (Wildman–Crippen LogP) is 2.57. The summed E-state index contributed by atoms with van der Waals surface area (Å²) >= 11 is 0. The molecule has 6 nitrogen and oxygen atoms in total. The molecule has 3 saturated heterocycles. The van der Waals surface area contributed by atoms with Crippen LogP contribution in [0.1, 0.15) is 48.9 Å². The fourth-order valence-electron chi connectivity index (χ4n) is 4.58. The summed E-state index contributed by atoms with van der Waals surface area (Å²) in [5, 5.41) is 7.57. The molecule has 3 aliphatic rings. The number of furan rings is 1. The van der Waals surface area contributed by atoms with E-state index in [9.17, 15) is 9.59 Å². The molecule has 0 saturated carbocycles. The van der Waals surface area contributed by atoms with Gasteiger partial charge in [0, 0.05) is 48.1 Å². The first-order valence-corrected chi connectivity index (χ1v) is 9.58. The van der Waals surface area contributed by atoms with E-state index in [0.717, 1.165) is 31.1 Å². The number of hydrogen-bond acceptors (Lipinski definition) is 4. The number of carbonyl (C=O) groups is 2. The van der Waals surface area contributed by atoms with E-state index < -0.39 is 0 Å². The zero-order valence-corrected chi connectivity index (χ0v) is 14.7. The first kappa shape index (κ1) is 15.9. The summed E-state index contributed by atoms with van der Waals surface area (Å²) in [6.07, 6.45) is 5.89. The number of nitrogens with one attached hydrogen (secondary N) is 2. The summed E-state index contributed by atoms with van der Waals surface area (Å²) in [5.41, 5.74) is 1.34. The average molecular weight is 353 g/mol. The van der Waals surface area contributed by atoms with Gasteiger partial charge in [0.25, 0.3) is 5.91 Å². The zero-order valence-electron chi connectivity index (χ0n) is 14.7. The lowest BCUT2D eigenvalue weighted by Crippen LogP contribution is -2.42. The second-order valence-electron chi connectivity index (χ2n) is 7.70. The topological polar surface area (TPSA) is 74.6 Å². The van der Waals surface area contributed by atoms with Crippen molar-refractivity contribution in [3.8, 4) is 0 Å². The number of nitrogens with zero attached hydrogens (tertiary/aromatic N) is 1. The van der Waals surface area contributed by atoms with Gasteiger partial charge in [0.1, 0.15) is 5.58 Å². The largest absolute Gasteiger partial charge is 0.440 e. The molecule has 1 aromatic heterocycles.